The number of benzene rings is 2. The van der Waals surface area contributed by atoms with Gasteiger partial charge in [-0.25, -0.2) is 9.37 Å². The van der Waals surface area contributed by atoms with Gasteiger partial charge in [0.15, 0.2) is 5.82 Å². The third-order valence-electron chi connectivity index (χ3n) is 7.08. The fourth-order valence-electron chi connectivity index (χ4n) is 4.90. The van der Waals surface area contributed by atoms with Crippen molar-refractivity contribution in [3.8, 4) is 0 Å². The third kappa shape index (κ3) is 5.13. The van der Waals surface area contributed by atoms with E-state index in [1.54, 1.807) is 49.2 Å². The van der Waals surface area contributed by atoms with Gasteiger partial charge in [-0.3, -0.25) is 9.59 Å². The van der Waals surface area contributed by atoms with Gasteiger partial charge >= 0.3 is 0 Å². The van der Waals surface area contributed by atoms with Crippen LogP contribution in [0.15, 0.2) is 60.7 Å². The minimum absolute atomic E-state index is 0.0809. The molecular formula is C28H31FN6O2. The largest absolute Gasteiger partial charge is 0.349 e. The van der Waals surface area contributed by atoms with E-state index >= 15 is 0 Å². The van der Waals surface area contributed by atoms with E-state index in [0.29, 0.717) is 28.6 Å². The second-order valence-corrected chi connectivity index (χ2v) is 9.72. The lowest BCUT2D eigenvalue weighted by Crippen LogP contribution is -2.49. The highest BCUT2D eigenvalue weighted by Gasteiger charge is 2.35. The summed E-state index contributed by atoms with van der Waals surface area (Å²) in [7, 11) is 3.82. The molecule has 2 aliphatic heterocycles. The lowest BCUT2D eigenvalue weighted by atomic mass is 10.0. The van der Waals surface area contributed by atoms with E-state index < -0.39 is 6.04 Å². The van der Waals surface area contributed by atoms with Crippen molar-refractivity contribution in [1.82, 2.24) is 15.2 Å². The zero-order chi connectivity index (χ0) is 26.1. The topological polar surface area (TPSA) is 80.8 Å². The lowest BCUT2D eigenvalue weighted by molar-refractivity contribution is -0.119. The Kier molecular flexibility index (Phi) is 6.80. The van der Waals surface area contributed by atoms with E-state index in [1.807, 2.05) is 23.1 Å². The van der Waals surface area contributed by atoms with Crippen LogP contribution in [-0.4, -0.2) is 61.0 Å². The Morgan fingerprint density at radius 1 is 1.03 bits per heavy atom. The number of fused-ring (bicyclic) bond motifs is 1. The van der Waals surface area contributed by atoms with Crippen molar-refractivity contribution < 1.29 is 14.0 Å². The number of hydrogen-bond acceptors (Lipinski definition) is 6. The van der Waals surface area contributed by atoms with Crippen LogP contribution in [0.3, 0.4) is 0 Å². The molecule has 0 spiro atoms. The number of amides is 2. The van der Waals surface area contributed by atoms with Crippen LogP contribution >= 0.6 is 0 Å². The van der Waals surface area contributed by atoms with Crippen LogP contribution in [0.25, 0.3) is 0 Å². The number of aromatic nitrogens is 1. The predicted molar refractivity (Wildman–Crippen MR) is 143 cm³/mol. The normalized spacial score (nSPS) is 18.5. The highest BCUT2D eigenvalue weighted by molar-refractivity contribution is 6.06. The summed E-state index contributed by atoms with van der Waals surface area (Å²) >= 11 is 0. The first-order valence-electron chi connectivity index (χ1n) is 12.5. The number of likely N-dealkylation sites (N-methyl/N-ethyl adjacent to an activating group) is 1. The Bertz CT molecular complexity index is 1310. The maximum absolute atomic E-state index is 13.6. The zero-order valence-electron chi connectivity index (χ0n) is 21.2. The Hall–Kier alpha value is -3.98. The molecule has 3 aromatic rings. The Balaban J connectivity index is 1.39. The maximum atomic E-state index is 13.6. The zero-order valence-corrected chi connectivity index (χ0v) is 21.2. The second-order valence-electron chi connectivity index (χ2n) is 9.72. The molecule has 2 amide bonds. The number of likely N-dealkylation sites (tertiary alicyclic amines) is 1. The molecule has 2 aliphatic rings. The number of carbonyl (C=O) groups excluding carboxylic acids is 2. The number of piperidine rings is 1. The minimum atomic E-state index is -0.516. The fraction of sp³-hybridized carbons (Fsp3) is 0.321. The quantitative estimate of drug-likeness (QED) is 0.542. The van der Waals surface area contributed by atoms with Gasteiger partial charge in [0.25, 0.3) is 5.91 Å². The molecule has 2 aromatic carbocycles. The summed E-state index contributed by atoms with van der Waals surface area (Å²) in [6, 6.07) is 16.6. The molecule has 192 valence electrons. The molecule has 0 saturated carbocycles. The number of halogens is 1. The highest BCUT2D eigenvalue weighted by atomic mass is 19.1. The smallest absolute Gasteiger partial charge is 0.251 e. The van der Waals surface area contributed by atoms with Crippen LogP contribution in [0, 0.1) is 5.82 Å². The average Bonchev–Trinajstić information content (AvgIpc) is 2.90. The number of nitrogens with zero attached hydrogens (tertiary/aromatic N) is 4. The molecule has 2 N–H and O–H groups in total. The van der Waals surface area contributed by atoms with E-state index in [4.69, 9.17) is 4.98 Å². The Morgan fingerprint density at radius 3 is 2.49 bits per heavy atom. The van der Waals surface area contributed by atoms with Crippen molar-refractivity contribution in [3.05, 3.63) is 72.0 Å². The molecule has 5 rings (SSSR count). The number of hydrogen-bond donors (Lipinski definition) is 2. The van der Waals surface area contributed by atoms with Crippen molar-refractivity contribution in [2.24, 2.45) is 0 Å². The fourth-order valence-corrected chi connectivity index (χ4v) is 4.90. The van der Waals surface area contributed by atoms with E-state index in [9.17, 15) is 14.0 Å². The summed E-state index contributed by atoms with van der Waals surface area (Å²) in [5.74, 6) is 0.631. The molecule has 8 nitrogen and oxygen atoms in total. The molecule has 0 radical (unpaired) electrons. The first-order valence-corrected chi connectivity index (χ1v) is 12.5. The van der Waals surface area contributed by atoms with E-state index in [-0.39, 0.29) is 23.7 Å². The molecule has 1 atom stereocenters. The summed E-state index contributed by atoms with van der Waals surface area (Å²) in [6.45, 7) is 3.76. The van der Waals surface area contributed by atoms with Crippen molar-refractivity contribution in [3.63, 3.8) is 0 Å². The number of anilines is 5. The minimum Gasteiger partial charge on any atom is -0.349 e. The van der Waals surface area contributed by atoms with E-state index in [2.05, 4.69) is 22.6 Å². The van der Waals surface area contributed by atoms with E-state index in [0.717, 1.165) is 31.6 Å². The molecule has 0 bridgehead atoms. The van der Waals surface area contributed by atoms with Crippen LogP contribution in [0.4, 0.5) is 33.1 Å². The Morgan fingerprint density at radius 2 is 1.76 bits per heavy atom. The van der Waals surface area contributed by atoms with Gasteiger partial charge in [0, 0.05) is 30.0 Å². The van der Waals surface area contributed by atoms with Crippen molar-refractivity contribution in [1.29, 1.82) is 0 Å². The maximum Gasteiger partial charge on any atom is 0.251 e. The van der Waals surface area contributed by atoms with Gasteiger partial charge in [-0.1, -0.05) is 6.07 Å². The third-order valence-corrected chi connectivity index (χ3v) is 7.08. The van der Waals surface area contributed by atoms with Gasteiger partial charge in [0.2, 0.25) is 5.91 Å². The first-order chi connectivity index (χ1) is 17.8. The van der Waals surface area contributed by atoms with Crippen LogP contribution < -0.4 is 20.4 Å². The van der Waals surface area contributed by atoms with E-state index in [1.165, 1.54) is 12.1 Å². The summed E-state index contributed by atoms with van der Waals surface area (Å²) in [5, 5.41) is 6.44. The average molecular weight is 503 g/mol. The van der Waals surface area contributed by atoms with Gasteiger partial charge in [0.05, 0.1) is 5.69 Å². The molecule has 1 saturated heterocycles. The summed E-state index contributed by atoms with van der Waals surface area (Å²) in [5.41, 5.74) is 2.64. The van der Waals surface area contributed by atoms with Gasteiger partial charge in [-0.15, -0.1) is 0 Å². The predicted octanol–water partition coefficient (Wildman–Crippen LogP) is 4.29. The van der Waals surface area contributed by atoms with Crippen LogP contribution in [0.5, 0.6) is 0 Å². The number of nitrogens with one attached hydrogen (secondary N) is 2. The highest BCUT2D eigenvalue weighted by Crippen LogP contribution is 2.40. The number of pyridine rings is 1. The van der Waals surface area contributed by atoms with Crippen molar-refractivity contribution in [2.75, 3.05) is 42.3 Å². The Labute approximate surface area is 216 Å². The summed E-state index contributed by atoms with van der Waals surface area (Å²) in [4.78, 5) is 36.3. The lowest BCUT2D eigenvalue weighted by Gasteiger charge is -2.39. The molecule has 1 aromatic heterocycles. The SMILES string of the molecule is C[C@@H]1C(=O)N(C)c2ccc(Nc3cccc(C(=O)NC4CCN(C)CC4)c3)nc2N1c1ccc(F)cc1. The van der Waals surface area contributed by atoms with Crippen LogP contribution in [-0.2, 0) is 4.79 Å². The summed E-state index contributed by atoms with van der Waals surface area (Å²) in [6.07, 6.45) is 1.89. The number of carbonyl (C=O) groups is 2. The van der Waals surface area contributed by atoms with Crippen LogP contribution in [0.1, 0.15) is 30.1 Å². The molecule has 1 fully saturated rings. The van der Waals surface area contributed by atoms with Crippen LogP contribution in [0.2, 0.25) is 0 Å². The number of rotatable bonds is 5. The van der Waals surface area contributed by atoms with Gasteiger partial charge < -0.3 is 25.3 Å². The molecule has 37 heavy (non-hydrogen) atoms. The second kappa shape index (κ2) is 10.2. The van der Waals surface area contributed by atoms with Crippen molar-refractivity contribution in [2.45, 2.75) is 31.8 Å². The molecule has 0 unspecified atom stereocenters. The standard InChI is InChI=1S/C28H31FN6O2/c1-18-28(37)34(3)24-11-12-25(32-26(24)35(18)23-9-7-20(29)8-10-23)30-22-6-4-5-19(17-22)27(36)31-21-13-15-33(2)16-14-21/h4-12,17-18,21H,13-16H2,1-3H3,(H,30,32)(H,31,36)/t18-/m1/s1. The molecule has 0 aliphatic carbocycles. The molecule has 3 heterocycles. The first kappa shape index (κ1) is 24.7. The van der Waals surface area contributed by atoms with Gasteiger partial charge in [-0.2, -0.15) is 0 Å². The van der Waals surface area contributed by atoms with Gasteiger partial charge in [0.1, 0.15) is 17.7 Å². The monoisotopic (exact) mass is 502 g/mol. The van der Waals surface area contributed by atoms with Gasteiger partial charge in [-0.05, 0) is 94.5 Å². The summed E-state index contributed by atoms with van der Waals surface area (Å²) < 4.78 is 13.6. The van der Waals surface area contributed by atoms with Crippen molar-refractivity contribution >= 4 is 40.5 Å². The molecule has 9 heteroatoms. The molecular weight excluding hydrogens is 471 g/mol.